The highest BCUT2D eigenvalue weighted by molar-refractivity contribution is 5.97. The summed E-state index contributed by atoms with van der Waals surface area (Å²) in [6.07, 6.45) is 2.38. The van der Waals surface area contributed by atoms with E-state index in [0.717, 1.165) is 0 Å². The molecule has 14 heavy (non-hydrogen) atoms. The van der Waals surface area contributed by atoms with Crippen molar-refractivity contribution in [3.05, 3.63) is 12.3 Å². The first kappa shape index (κ1) is 8.75. The third-order valence-corrected chi connectivity index (χ3v) is 2.34. The van der Waals surface area contributed by atoms with Crippen molar-refractivity contribution >= 4 is 11.7 Å². The Labute approximate surface area is 81.5 Å². The molecule has 1 aliphatic heterocycles. The molecule has 1 saturated heterocycles. The summed E-state index contributed by atoms with van der Waals surface area (Å²) in [5.41, 5.74) is 0. The summed E-state index contributed by atoms with van der Waals surface area (Å²) in [4.78, 5) is 13.2. The monoisotopic (exact) mass is 190 g/mol. The molecule has 1 atom stereocenters. The van der Waals surface area contributed by atoms with Crippen molar-refractivity contribution in [1.29, 1.82) is 5.26 Å². The van der Waals surface area contributed by atoms with Crippen molar-refractivity contribution < 1.29 is 4.79 Å². The first-order valence-electron chi connectivity index (χ1n) is 4.43. The summed E-state index contributed by atoms with van der Waals surface area (Å²) in [5.74, 6) is 0.0125. The minimum atomic E-state index is -0.489. The largest absolute Gasteiger partial charge is 0.294 e. The van der Waals surface area contributed by atoms with Gasteiger partial charge in [-0.15, -0.1) is 0 Å². The molecule has 2 heterocycles. The van der Waals surface area contributed by atoms with E-state index in [4.69, 9.17) is 5.26 Å². The molecule has 0 radical (unpaired) electrons. The fraction of sp³-hybridized carbons (Fsp3) is 0.444. The Bertz CT molecular complexity index is 403. The van der Waals surface area contributed by atoms with Gasteiger partial charge in [0.15, 0.2) is 5.82 Å². The maximum absolute atomic E-state index is 11.6. The number of nitriles is 1. The molecule has 2 rings (SSSR count). The molecule has 0 aliphatic carbocycles. The third-order valence-electron chi connectivity index (χ3n) is 2.34. The Morgan fingerprint density at radius 3 is 3.00 bits per heavy atom. The van der Waals surface area contributed by atoms with Crippen LogP contribution in [-0.4, -0.2) is 22.2 Å². The number of carbonyl (C=O) groups is 1. The number of aromatic nitrogens is 2. The van der Waals surface area contributed by atoms with Gasteiger partial charge in [-0.25, -0.2) is 0 Å². The number of rotatable bonds is 1. The van der Waals surface area contributed by atoms with Gasteiger partial charge in [0.1, 0.15) is 5.92 Å². The number of carbonyl (C=O) groups excluding carboxylic acids is 1. The molecule has 0 bridgehead atoms. The van der Waals surface area contributed by atoms with Crippen LogP contribution in [0.3, 0.4) is 0 Å². The van der Waals surface area contributed by atoms with E-state index < -0.39 is 5.92 Å². The minimum absolute atomic E-state index is 0.133. The van der Waals surface area contributed by atoms with Gasteiger partial charge in [0.05, 0.1) is 6.07 Å². The van der Waals surface area contributed by atoms with Crippen molar-refractivity contribution in [1.82, 2.24) is 9.78 Å². The molecule has 0 N–H and O–H groups in total. The van der Waals surface area contributed by atoms with E-state index in [2.05, 4.69) is 5.10 Å². The van der Waals surface area contributed by atoms with Crippen LogP contribution < -0.4 is 4.90 Å². The lowest BCUT2D eigenvalue weighted by Crippen LogP contribution is -2.27. The Morgan fingerprint density at radius 1 is 1.71 bits per heavy atom. The molecular formula is C9H10N4O. The standard InChI is InChI=1S/C9H10N4O/c1-12-4-3-8(11-12)13-5-2-7(6-10)9(13)14/h3-4,7H,2,5H2,1H3/t7-/m0/s1. The summed E-state index contributed by atoms with van der Waals surface area (Å²) in [5, 5.41) is 12.8. The average Bonchev–Trinajstić information content (AvgIpc) is 2.72. The number of anilines is 1. The van der Waals surface area contributed by atoms with E-state index in [-0.39, 0.29) is 5.91 Å². The number of hydrogen-bond donors (Lipinski definition) is 0. The van der Waals surface area contributed by atoms with Crippen molar-refractivity contribution in [2.45, 2.75) is 6.42 Å². The van der Waals surface area contributed by atoms with E-state index >= 15 is 0 Å². The number of amides is 1. The highest BCUT2D eigenvalue weighted by Gasteiger charge is 2.33. The lowest BCUT2D eigenvalue weighted by atomic mass is 10.1. The zero-order valence-electron chi connectivity index (χ0n) is 7.84. The summed E-state index contributed by atoms with van der Waals surface area (Å²) < 4.78 is 1.64. The van der Waals surface area contributed by atoms with E-state index in [1.807, 2.05) is 6.07 Å². The van der Waals surface area contributed by atoms with Crippen molar-refractivity contribution in [2.75, 3.05) is 11.4 Å². The van der Waals surface area contributed by atoms with E-state index in [0.29, 0.717) is 18.8 Å². The van der Waals surface area contributed by atoms with Gasteiger partial charge in [0.25, 0.3) is 0 Å². The molecular weight excluding hydrogens is 180 g/mol. The number of aryl methyl sites for hydroxylation is 1. The molecule has 5 heteroatoms. The quantitative estimate of drug-likeness (QED) is 0.639. The highest BCUT2D eigenvalue weighted by atomic mass is 16.2. The fourth-order valence-electron chi connectivity index (χ4n) is 1.57. The highest BCUT2D eigenvalue weighted by Crippen LogP contribution is 2.22. The second-order valence-corrected chi connectivity index (χ2v) is 3.31. The van der Waals surface area contributed by atoms with Gasteiger partial charge in [-0.05, 0) is 6.42 Å². The number of hydrogen-bond acceptors (Lipinski definition) is 3. The lowest BCUT2D eigenvalue weighted by Gasteiger charge is -2.11. The minimum Gasteiger partial charge on any atom is -0.294 e. The molecule has 1 amide bonds. The van der Waals surface area contributed by atoms with Gasteiger partial charge in [-0.3, -0.25) is 14.4 Å². The smallest absolute Gasteiger partial charge is 0.245 e. The molecule has 0 spiro atoms. The summed E-state index contributed by atoms with van der Waals surface area (Å²) in [6, 6.07) is 3.77. The molecule has 0 unspecified atom stereocenters. The predicted molar refractivity (Wildman–Crippen MR) is 49.3 cm³/mol. The molecule has 1 aromatic rings. The Morgan fingerprint density at radius 2 is 2.50 bits per heavy atom. The van der Waals surface area contributed by atoms with Gasteiger partial charge < -0.3 is 0 Å². The van der Waals surface area contributed by atoms with Gasteiger partial charge in [0.2, 0.25) is 5.91 Å². The first-order valence-corrected chi connectivity index (χ1v) is 4.43. The summed E-state index contributed by atoms with van der Waals surface area (Å²) in [6.45, 7) is 0.591. The Balaban J connectivity index is 2.23. The molecule has 1 aliphatic rings. The van der Waals surface area contributed by atoms with E-state index in [9.17, 15) is 4.79 Å². The van der Waals surface area contributed by atoms with Crippen molar-refractivity contribution in [3.63, 3.8) is 0 Å². The Hall–Kier alpha value is -1.83. The maximum atomic E-state index is 11.6. The van der Waals surface area contributed by atoms with E-state index in [1.54, 1.807) is 28.9 Å². The zero-order chi connectivity index (χ0) is 10.1. The lowest BCUT2D eigenvalue weighted by molar-refractivity contribution is -0.119. The average molecular weight is 190 g/mol. The van der Waals surface area contributed by atoms with Crippen molar-refractivity contribution in [3.8, 4) is 6.07 Å². The van der Waals surface area contributed by atoms with Gasteiger partial charge in [0, 0.05) is 25.9 Å². The van der Waals surface area contributed by atoms with Crippen LogP contribution in [0.4, 0.5) is 5.82 Å². The van der Waals surface area contributed by atoms with Crippen LogP contribution in [0.1, 0.15) is 6.42 Å². The molecule has 0 aromatic carbocycles. The topological polar surface area (TPSA) is 61.9 Å². The maximum Gasteiger partial charge on any atom is 0.245 e. The van der Waals surface area contributed by atoms with Crippen LogP contribution in [0.25, 0.3) is 0 Å². The van der Waals surface area contributed by atoms with Crippen LogP contribution in [0.15, 0.2) is 12.3 Å². The second kappa shape index (κ2) is 3.14. The molecule has 5 nitrogen and oxygen atoms in total. The van der Waals surface area contributed by atoms with E-state index in [1.165, 1.54) is 0 Å². The van der Waals surface area contributed by atoms with Crippen LogP contribution in [0.2, 0.25) is 0 Å². The fourth-order valence-corrected chi connectivity index (χ4v) is 1.57. The van der Waals surface area contributed by atoms with Crippen LogP contribution in [0, 0.1) is 17.2 Å². The third kappa shape index (κ3) is 1.25. The normalized spacial score (nSPS) is 21.3. The molecule has 1 fully saturated rings. The SMILES string of the molecule is Cn1ccc(N2CC[C@@H](C#N)C2=O)n1. The predicted octanol–water partition coefficient (Wildman–Crippen LogP) is 0.297. The Kier molecular flexibility index (Phi) is 1.97. The van der Waals surface area contributed by atoms with Gasteiger partial charge in [-0.2, -0.15) is 10.4 Å². The van der Waals surface area contributed by atoms with Gasteiger partial charge >= 0.3 is 0 Å². The zero-order valence-corrected chi connectivity index (χ0v) is 7.84. The summed E-state index contributed by atoms with van der Waals surface area (Å²) in [7, 11) is 1.80. The van der Waals surface area contributed by atoms with Gasteiger partial charge in [-0.1, -0.05) is 0 Å². The van der Waals surface area contributed by atoms with Crippen LogP contribution in [0.5, 0.6) is 0 Å². The number of nitrogens with zero attached hydrogens (tertiary/aromatic N) is 4. The van der Waals surface area contributed by atoms with Crippen molar-refractivity contribution in [2.24, 2.45) is 13.0 Å². The summed E-state index contributed by atoms with van der Waals surface area (Å²) >= 11 is 0. The molecule has 72 valence electrons. The van der Waals surface area contributed by atoms with Crippen LogP contribution in [-0.2, 0) is 11.8 Å². The molecule has 0 saturated carbocycles. The molecule has 1 aromatic heterocycles. The first-order chi connectivity index (χ1) is 6.72. The van der Waals surface area contributed by atoms with Crippen LogP contribution >= 0.6 is 0 Å². The second-order valence-electron chi connectivity index (χ2n) is 3.31.